The fourth-order valence-electron chi connectivity index (χ4n) is 2.24. The Morgan fingerprint density at radius 3 is 2.46 bits per heavy atom. The first kappa shape index (κ1) is 21.3. The van der Waals surface area contributed by atoms with Crippen LogP contribution in [-0.4, -0.2) is 33.3 Å². The van der Waals surface area contributed by atoms with Gasteiger partial charge in [0, 0.05) is 6.54 Å². The Bertz CT molecular complexity index is 981. The minimum absolute atomic E-state index is 0.0776. The molecule has 150 valence electrons. The third-order valence-corrected chi connectivity index (χ3v) is 4.96. The molecule has 0 aromatic heterocycles. The van der Waals surface area contributed by atoms with Gasteiger partial charge in [0.15, 0.2) is 0 Å². The van der Waals surface area contributed by atoms with Gasteiger partial charge in [-0.1, -0.05) is 19.1 Å². The molecule has 0 unspecified atom stereocenters. The molecule has 0 aliphatic heterocycles. The van der Waals surface area contributed by atoms with E-state index in [9.17, 15) is 26.8 Å². The second kappa shape index (κ2) is 9.27. The Balaban J connectivity index is 2.20. The van der Waals surface area contributed by atoms with Gasteiger partial charge < -0.3 is 10.6 Å². The monoisotopic (exact) mass is 411 g/mol. The molecule has 0 saturated heterocycles. The summed E-state index contributed by atoms with van der Waals surface area (Å²) < 4.78 is 54.1. The van der Waals surface area contributed by atoms with Crippen molar-refractivity contribution >= 4 is 27.5 Å². The summed E-state index contributed by atoms with van der Waals surface area (Å²) in [5.74, 6) is -3.16. The van der Waals surface area contributed by atoms with E-state index < -0.39 is 38.4 Å². The lowest BCUT2D eigenvalue weighted by atomic mass is 10.1. The SMILES string of the molecule is CCCNC(=O)CNC(=O)c1ccccc1NS(=O)(=O)c1cc(F)ccc1F. The molecule has 3 N–H and O–H groups in total. The highest BCUT2D eigenvalue weighted by atomic mass is 32.2. The van der Waals surface area contributed by atoms with Crippen molar-refractivity contribution in [2.24, 2.45) is 0 Å². The molecule has 2 aromatic rings. The van der Waals surface area contributed by atoms with E-state index >= 15 is 0 Å². The zero-order chi connectivity index (χ0) is 20.7. The van der Waals surface area contributed by atoms with Crippen LogP contribution < -0.4 is 15.4 Å². The van der Waals surface area contributed by atoms with Crippen LogP contribution in [-0.2, 0) is 14.8 Å². The summed E-state index contributed by atoms with van der Waals surface area (Å²) in [6.07, 6.45) is 0.737. The molecular formula is C18H19F2N3O4S. The number of hydrogen-bond donors (Lipinski definition) is 3. The maximum atomic E-state index is 13.8. The number of hydrogen-bond acceptors (Lipinski definition) is 4. The summed E-state index contributed by atoms with van der Waals surface area (Å²) in [6, 6.07) is 7.60. The van der Waals surface area contributed by atoms with Crippen LogP contribution in [0.1, 0.15) is 23.7 Å². The van der Waals surface area contributed by atoms with Gasteiger partial charge in [0.1, 0.15) is 16.5 Å². The van der Waals surface area contributed by atoms with Crippen LogP contribution in [0, 0.1) is 11.6 Å². The minimum Gasteiger partial charge on any atom is -0.355 e. The lowest BCUT2D eigenvalue weighted by Crippen LogP contribution is -2.37. The molecule has 0 saturated carbocycles. The van der Waals surface area contributed by atoms with Gasteiger partial charge in [-0.3, -0.25) is 14.3 Å². The Kier molecular flexibility index (Phi) is 7.05. The molecule has 0 aliphatic carbocycles. The van der Waals surface area contributed by atoms with Crippen molar-refractivity contribution in [3.05, 3.63) is 59.7 Å². The molecule has 0 radical (unpaired) electrons. The van der Waals surface area contributed by atoms with Crippen LogP contribution in [0.25, 0.3) is 0 Å². The summed E-state index contributed by atoms with van der Waals surface area (Å²) in [5, 5.41) is 4.96. The van der Waals surface area contributed by atoms with Crippen molar-refractivity contribution < 1.29 is 26.8 Å². The van der Waals surface area contributed by atoms with E-state index in [0.717, 1.165) is 12.5 Å². The molecule has 0 heterocycles. The lowest BCUT2D eigenvalue weighted by molar-refractivity contribution is -0.120. The summed E-state index contributed by atoms with van der Waals surface area (Å²) in [7, 11) is -4.49. The number of rotatable bonds is 8. The zero-order valence-corrected chi connectivity index (χ0v) is 15.8. The van der Waals surface area contributed by atoms with Gasteiger partial charge in [-0.05, 0) is 36.8 Å². The first-order valence-electron chi connectivity index (χ1n) is 8.36. The number of anilines is 1. The molecule has 0 spiro atoms. The predicted octanol–water partition coefficient (Wildman–Crippen LogP) is 2.02. The fraction of sp³-hybridized carbons (Fsp3) is 0.222. The van der Waals surface area contributed by atoms with Crippen molar-refractivity contribution in [2.45, 2.75) is 18.2 Å². The third kappa shape index (κ3) is 5.49. The van der Waals surface area contributed by atoms with Crippen LogP contribution >= 0.6 is 0 Å². The molecule has 28 heavy (non-hydrogen) atoms. The highest BCUT2D eigenvalue weighted by Crippen LogP contribution is 2.22. The number of amides is 2. The number of para-hydroxylation sites is 1. The van der Waals surface area contributed by atoms with E-state index in [2.05, 4.69) is 15.4 Å². The number of halogens is 2. The maximum Gasteiger partial charge on any atom is 0.264 e. The lowest BCUT2D eigenvalue weighted by Gasteiger charge is -2.13. The van der Waals surface area contributed by atoms with Gasteiger partial charge in [0.2, 0.25) is 5.91 Å². The Hall–Kier alpha value is -3.01. The van der Waals surface area contributed by atoms with Crippen LogP contribution in [0.4, 0.5) is 14.5 Å². The fourth-order valence-corrected chi connectivity index (χ4v) is 3.41. The highest BCUT2D eigenvalue weighted by molar-refractivity contribution is 7.92. The van der Waals surface area contributed by atoms with Gasteiger partial charge in [-0.15, -0.1) is 0 Å². The Morgan fingerprint density at radius 1 is 1.04 bits per heavy atom. The molecule has 0 bridgehead atoms. The number of carbonyl (C=O) groups excluding carboxylic acids is 2. The Labute approximate surface area is 161 Å². The van der Waals surface area contributed by atoms with Crippen LogP contribution in [0.15, 0.2) is 47.4 Å². The molecule has 2 aromatic carbocycles. The first-order valence-corrected chi connectivity index (χ1v) is 9.84. The van der Waals surface area contributed by atoms with Gasteiger partial charge >= 0.3 is 0 Å². The van der Waals surface area contributed by atoms with Crippen molar-refractivity contribution in [2.75, 3.05) is 17.8 Å². The van der Waals surface area contributed by atoms with Gasteiger partial charge in [-0.25, -0.2) is 17.2 Å². The quantitative estimate of drug-likeness (QED) is 0.618. The van der Waals surface area contributed by atoms with E-state index in [1.165, 1.54) is 24.3 Å². The predicted molar refractivity (Wildman–Crippen MR) is 99.2 cm³/mol. The summed E-state index contributed by atoms with van der Waals surface area (Å²) >= 11 is 0. The Morgan fingerprint density at radius 2 is 1.75 bits per heavy atom. The van der Waals surface area contributed by atoms with Crippen molar-refractivity contribution in [3.8, 4) is 0 Å². The van der Waals surface area contributed by atoms with Crippen molar-refractivity contribution in [1.29, 1.82) is 0 Å². The highest BCUT2D eigenvalue weighted by Gasteiger charge is 2.22. The molecule has 0 aliphatic rings. The van der Waals surface area contributed by atoms with Gasteiger partial charge in [0.05, 0.1) is 17.8 Å². The summed E-state index contributed by atoms with van der Waals surface area (Å²) in [6.45, 7) is 2.05. The molecule has 10 heteroatoms. The average Bonchev–Trinajstić information content (AvgIpc) is 2.66. The molecule has 0 fully saturated rings. The molecule has 0 atom stereocenters. The second-order valence-corrected chi connectivity index (χ2v) is 7.41. The standard InChI is InChI=1S/C18H19F2N3O4S/c1-2-9-21-17(24)11-22-18(25)13-5-3-4-6-15(13)23-28(26,27)16-10-12(19)7-8-14(16)20/h3-8,10,23H,2,9,11H2,1H3,(H,21,24)(H,22,25). The number of carbonyl (C=O) groups is 2. The van der Waals surface area contributed by atoms with Crippen molar-refractivity contribution in [1.82, 2.24) is 10.6 Å². The smallest absolute Gasteiger partial charge is 0.264 e. The molecule has 2 amide bonds. The van der Waals surface area contributed by atoms with Crippen LogP contribution in [0.3, 0.4) is 0 Å². The van der Waals surface area contributed by atoms with E-state index in [1.54, 1.807) is 0 Å². The number of benzene rings is 2. The van der Waals surface area contributed by atoms with Crippen LogP contribution in [0.2, 0.25) is 0 Å². The molecular weight excluding hydrogens is 392 g/mol. The zero-order valence-electron chi connectivity index (χ0n) is 15.0. The van der Waals surface area contributed by atoms with E-state index in [1.807, 2.05) is 6.92 Å². The largest absolute Gasteiger partial charge is 0.355 e. The van der Waals surface area contributed by atoms with Crippen LogP contribution in [0.5, 0.6) is 0 Å². The van der Waals surface area contributed by atoms with E-state index in [-0.39, 0.29) is 17.8 Å². The van der Waals surface area contributed by atoms with Gasteiger partial charge in [0.25, 0.3) is 15.9 Å². The topological polar surface area (TPSA) is 104 Å². The molecule has 2 rings (SSSR count). The minimum atomic E-state index is -4.49. The third-order valence-electron chi connectivity index (χ3n) is 3.58. The number of nitrogens with one attached hydrogen (secondary N) is 3. The molecule has 7 nitrogen and oxygen atoms in total. The van der Waals surface area contributed by atoms with E-state index in [4.69, 9.17) is 0 Å². The van der Waals surface area contributed by atoms with Crippen molar-refractivity contribution in [3.63, 3.8) is 0 Å². The summed E-state index contributed by atoms with van der Waals surface area (Å²) in [4.78, 5) is 23.0. The normalized spacial score (nSPS) is 11.0. The van der Waals surface area contributed by atoms with Gasteiger partial charge in [-0.2, -0.15) is 0 Å². The second-order valence-electron chi connectivity index (χ2n) is 5.76. The average molecular weight is 411 g/mol. The van der Waals surface area contributed by atoms with E-state index in [0.29, 0.717) is 18.7 Å². The summed E-state index contributed by atoms with van der Waals surface area (Å²) in [5.41, 5.74) is -0.219. The first-order chi connectivity index (χ1) is 13.2. The number of sulfonamides is 1. The maximum absolute atomic E-state index is 13.8.